The Kier molecular flexibility index (Phi) is 5.35. The van der Waals surface area contributed by atoms with E-state index in [1.165, 1.54) is 5.56 Å². The average Bonchev–Trinajstić information content (AvgIpc) is 3.21. The molecule has 2 N–H and O–H groups in total. The fourth-order valence-corrected chi connectivity index (χ4v) is 4.60. The molecule has 6 nitrogen and oxygen atoms in total. The molecular formula is C26H25N3O3. The summed E-state index contributed by atoms with van der Waals surface area (Å²) < 4.78 is 0. The van der Waals surface area contributed by atoms with E-state index in [4.69, 9.17) is 4.98 Å². The number of aliphatic carboxylic acids is 1. The molecule has 4 aromatic rings. The van der Waals surface area contributed by atoms with Crippen molar-refractivity contribution in [2.45, 2.75) is 25.7 Å². The zero-order valence-corrected chi connectivity index (χ0v) is 17.8. The molecule has 1 amide bonds. The third-order valence-electron chi connectivity index (χ3n) is 6.42. The molecule has 0 unspecified atom stereocenters. The average molecular weight is 428 g/mol. The van der Waals surface area contributed by atoms with Gasteiger partial charge in [-0.1, -0.05) is 48.5 Å². The summed E-state index contributed by atoms with van der Waals surface area (Å²) in [6, 6.07) is 20.2. The van der Waals surface area contributed by atoms with E-state index in [0.29, 0.717) is 31.6 Å². The van der Waals surface area contributed by atoms with E-state index in [1.54, 1.807) is 4.90 Å². The largest absolute Gasteiger partial charge is 0.481 e. The standard InChI is InChI=1S/C26H25N3O3/c30-25(29-14-12-18(13-15-29)26(31)32)23-16-20-19-8-4-5-9-21(19)28-24(20)22(27-23)11-10-17-6-2-1-3-7-17/h1-9,16,18,28H,10-15H2,(H,31,32). The second-order valence-electron chi connectivity index (χ2n) is 8.44. The number of carbonyl (C=O) groups is 2. The Bertz CT molecular complexity index is 1290. The number of aromatic amines is 1. The van der Waals surface area contributed by atoms with Crippen LogP contribution in [0.3, 0.4) is 0 Å². The molecule has 0 atom stereocenters. The van der Waals surface area contributed by atoms with E-state index in [2.05, 4.69) is 23.2 Å². The number of aromatic nitrogens is 2. The Balaban J connectivity index is 1.50. The van der Waals surface area contributed by atoms with Crippen molar-refractivity contribution in [3.05, 3.63) is 77.6 Å². The first-order valence-corrected chi connectivity index (χ1v) is 11.1. The first-order valence-electron chi connectivity index (χ1n) is 11.1. The van der Waals surface area contributed by atoms with E-state index in [0.717, 1.165) is 40.3 Å². The van der Waals surface area contributed by atoms with Gasteiger partial charge in [0.2, 0.25) is 0 Å². The minimum Gasteiger partial charge on any atom is -0.481 e. The number of H-pyrrole nitrogens is 1. The van der Waals surface area contributed by atoms with Crippen LogP contribution in [0.25, 0.3) is 21.8 Å². The molecule has 32 heavy (non-hydrogen) atoms. The van der Waals surface area contributed by atoms with Crippen LogP contribution < -0.4 is 0 Å². The molecule has 0 spiro atoms. The molecule has 0 bridgehead atoms. The quantitative estimate of drug-likeness (QED) is 0.493. The number of nitrogens with zero attached hydrogens (tertiary/aromatic N) is 2. The molecule has 1 saturated heterocycles. The topological polar surface area (TPSA) is 86.3 Å². The van der Waals surface area contributed by atoms with Crippen molar-refractivity contribution in [2.75, 3.05) is 13.1 Å². The summed E-state index contributed by atoms with van der Waals surface area (Å²) in [5, 5.41) is 11.3. The van der Waals surface area contributed by atoms with Crippen LogP contribution in [0.2, 0.25) is 0 Å². The van der Waals surface area contributed by atoms with Gasteiger partial charge in [0, 0.05) is 29.4 Å². The fourth-order valence-electron chi connectivity index (χ4n) is 4.60. The molecule has 3 heterocycles. The molecule has 162 valence electrons. The molecular weight excluding hydrogens is 402 g/mol. The number of carboxylic acid groups (broad SMARTS) is 1. The van der Waals surface area contributed by atoms with Crippen molar-refractivity contribution >= 4 is 33.7 Å². The normalized spacial score (nSPS) is 14.8. The summed E-state index contributed by atoms with van der Waals surface area (Å²) in [5.74, 6) is -1.27. The Morgan fingerprint density at radius 3 is 2.44 bits per heavy atom. The third-order valence-corrected chi connectivity index (χ3v) is 6.42. The number of rotatable bonds is 5. The number of hydrogen-bond donors (Lipinski definition) is 2. The molecule has 1 aliphatic heterocycles. The van der Waals surface area contributed by atoms with E-state index >= 15 is 0 Å². The number of carbonyl (C=O) groups excluding carboxylic acids is 1. The van der Waals surface area contributed by atoms with E-state index in [-0.39, 0.29) is 11.8 Å². The number of nitrogens with one attached hydrogen (secondary N) is 1. The second kappa shape index (κ2) is 8.46. The van der Waals surface area contributed by atoms with Crippen LogP contribution in [0.1, 0.15) is 34.6 Å². The van der Waals surface area contributed by atoms with E-state index in [1.807, 2.05) is 42.5 Å². The van der Waals surface area contributed by atoms with Crippen LogP contribution >= 0.6 is 0 Å². The smallest absolute Gasteiger partial charge is 0.306 e. The van der Waals surface area contributed by atoms with Crippen LogP contribution in [0.5, 0.6) is 0 Å². The Hall–Kier alpha value is -3.67. The van der Waals surface area contributed by atoms with Crippen LogP contribution in [0, 0.1) is 5.92 Å². The molecule has 1 aliphatic rings. The highest BCUT2D eigenvalue weighted by Gasteiger charge is 2.28. The van der Waals surface area contributed by atoms with Gasteiger partial charge in [0.25, 0.3) is 5.91 Å². The number of para-hydroxylation sites is 1. The van der Waals surface area contributed by atoms with Crippen molar-refractivity contribution < 1.29 is 14.7 Å². The summed E-state index contributed by atoms with van der Waals surface area (Å²) in [4.78, 5) is 34.6. The van der Waals surface area contributed by atoms with Crippen LogP contribution in [0.4, 0.5) is 0 Å². The lowest BCUT2D eigenvalue weighted by molar-refractivity contribution is -0.143. The maximum atomic E-state index is 13.3. The minimum absolute atomic E-state index is 0.123. The van der Waals surface area contributed by atoms with Gasteiger partial charge in [-0.25, -0.2) is 4.98 Å². The second-order valence-corrected chi connectivity index (χ2v) is 8.44. The number of benzene rings is 2. The molecule has 0 saturated carbocycles. The number of piperidine rings is 1. The predicted molar refractivity (Wildman–Crippen MR) is 124 cm³/mol. The highest BCUT2D eigenvalue weighted by Crippen LogP contribution is 2.29. The predicted octanol–water partition coefficient (Wildman–Crippen LogP) is 4.44. The molecule has 6 heteroatoms. The lowest BCUT2D eigenvalue weighted by atomic mass is 9.97. The fraction of sp³-hybridized carbons (Fsp3) is 0.269. The van der Waals surface area contributed by atoms with Crippen LogP contribution in [-0.2, 0) is 17.6 Å². The summed E-state index contributed by atoms with van der Waals surface area (Å²) >= 11 is 0. The lowest BCUT2D eigenvalue weighted by Gasteiger charge is -2.30. The lowest BCUT2D eigenvalue weighted by Crippen LogP contribution is -2.40. The van der Waals surface area contributed by atoms with Gasteiger partial charge in [0.15, 0.2) is 0 Å². The first kappa shape index (κ1) is 20.2. The maximum Gasteiger partial charge on any atom is 0.306 e. The third kappa shape index (κ3) is 3.84. The van der Waals surface area contributed by atoms with Gasteiger partial charge in [-0.2, -0.15) is 0 Å². The minimum atomic E-state index is -0.779. The molecule has 2 aromatic heterocycles. The molecule has 5 rings (SSSR count). The number of aryl methyl sites for hydroxylation is 2. The van der Waals surface area contributed by atoms with Gasteiger partial charge in [-0.3, -0.25) is 9.59 Å². The van der Waals surface area contributed by atoms with Crippen LogP contribution in [-0.4, -0.2) is 44.9 Å². The van der Waals surface area contributed by atoms with Gasteiger partial charge >= 0.3 is 5.97 Å². The molecule has 0 aliphatic carbocycles. The van der Waals surface area contributed by atoms with Gasteiger partial charge in [-0.15, -0.1) is 0 Å². The summed E-state index contributed by atoms with van der Waals surface area (Å²) in [6.45, 7) is 0.894. The van der Waals surface area contributed by atoms with Crippen molar-refractivity contribution in [2.24, 2.45) is 5.92 Å². The van der Waals surface area contributed by atoms with E-state index in [9.17, 15) is 14.7 Å². The zero-order valence-electron chi connectivity index (χ0n) is 17.8. The van der Waals surface area contributed by atoms with Crippen LogP contribution in [0.15, 0.2) is 60.7 Å². The highest BCUT2D eigenvalue weighted by molar-refractivity contribution is 6.10. The van der Waals surface area contributed by atoms with Gasteiger partial charge in [0.1, 0.15) is 5.69 Å². The molecule has 1 fully saturated rings. The maximum absolute atomic E-state index is 13.3. The summed E-state index contributed by atoms with van der Waals surface area (Å²) in [6.07, 6.45) is 2.52. The summed E-state index contributed by atoms with van der Waals surface area (Å²) in [5.41, 5.74) is 4.54. The van der Waals surface area contributed by atoms with Crippen molar-refractivity contribution in [1.29, 1.82) is 0 Å². The SMILES string of the molecule is O=C(O)C1CCN(C(=O)c2cc3c([nH]c4ccccc43)c(CCc3ccccc3)n2)CC1. The highest BCUT2D eigenvalue weighted by atomic mass is 16.4. The number of hydrogen-bond acceptors (Lipinski definition) is 3. The number of fused-ring (bicyclic) bond motifs is 3. The van der Waals surface area contributed by atoms with Crippen molar-refractivity contribution in [3.63, 3.8) is 0 Å². The Morgan fingerprint density at radius 1 is 0.969 bits per heavy atom. The molecule has 0 radical (unpaired) electrons. The molecule has 2 aromatic carbocycles. The number of likely N-dealkylation sites (tertiary alicyclic amines) is 1. The van der Waals surface area contributed by atoms with Crippen molar-refractivity contribution in [1.82, 2.24) is 14.9 Å². The number of amides is 1. The first-order chi connectivity index (χ1) is 15.6. The Labute approximate surface area is 185 Å². The zero-order chi connectivity index (χ0) is 22.1. The Morgan fingerprint density at radius 2 is 1.69 bits per heavy atom. The monoisotopic (exact) mass is 427 g/mol. The number of carboxylic acids is 1. The van der Waals surface area contributed by atoms with E-state index < -0.39 is 5.97 Å². The van der Waals surface area contributed by atoms with Gasteiger partial charge in [0.05, 0.1) is 17.1 Å². The summed E-state index contributed by atoms with van der Waals surface area (Å²) in [7, 11) is 0. The van der Waals surface area contributed by atoms with Gasteiger partial charge in [-0.05, 0) is 43.4 Å². The van der Waals surface area contributed by atoms with Gasteiger partial charge < -0.3 is 15.0 Å². The number of pyridine rings is 1. The van der Waals surface area contributed by atoms with Crippen molar-refractivity contribution in [3.8, 4) is 0 Å².